The number of aromatic nitrogens is 3. The lowest BCUT2D eigenvalue weighted by molar-refractivity contribution is -0.137. The van der Waals surface area contributed by atoms with Crippen LogP contribution in [0.4, 0.5) is 13.2 Å². The van der Waals surface area contributed by atoms with Gasteiger partial charge in [-0.15, -0.1) is 0 Å². The standard InChI is InChI=1S/C20H19F3N4O/c1-11-8-16(17-12(2)25-26-18(17)24-11)19(28)27-7-6-14(10-27)13-4-3-5-15(9-13)20(21,22)23/h3-5,8-9,14H,6-7,10H2,1-2H3,(H,24,25,26). The Bertz CT molecular complexity index is 1060. The van der Waals surface area contributed by atoms with E-state index in [1.54, 1.807) is 24.0 Å². The van der Waals surface area contributed by atoms with Gasteiger partial charge in [0, 0.05) is 30.4 Å². The molecule has 1 aliphatic heterocycles. The number of H-pyrrole nitrogens is 1. The molecular weight excluding hydrogens is 369 g/mol. The van der Waals surface area contributed by atoms with Crippen LogP contribution < -0.4 is 0 Å². The van der Waals surface area contributed by atoms with Crippen LogP contribution in [0, 0.1) is 13.8 Å². The van der Waals surface area contributed by atoms with E-state index in [4.69, 9.17) is 0 Å². The molecule has 5 nitrogen and oxygen atoms in total. The number of amides is 1. The zero-order valence-corrected chi connectivity index (χ0v) is 15.5. The van der Waals surface area contributed by atoms with Gasteiger partial charge in [-0.2, -0.15) is 18.3 Å². The molecule has 1 saturated heterocycles. The van der Waals surface area contributed by atoms with Gasteiger partial charge in [-0.3, -0.25) is 9.89 Å². The maximum atomic E-state index is 13.1. The number of carbonyl (C=O) groups excluding carboxylic acids is 1. The van der Waals surface area contributed by atoms with Crippen molar-refractivity contribution in [1.29, 1.82) is 0 Å². The second-order valence-corrected chi connectivity index (χ2v) is 7.22. The normalized spacial score (nSPS) is 17.5. The number of pyridine rings is 1. The molecule has 8 heteroatoms. The monoisotopic (exact) mass is 388 g/mol. The van der Waals surface area contributed by atoms with Gasteiger partial charge in [0.25, 0.3) is 5.91 Å². The van der Waals surface area contributed by atoms with Crippen LogP contribution in [0.25, 0.3) is 11.0 Å². The van der Waals surface area contributed by atoms with Crippen molar-refractivity contribution in [1.82, 2.24) is 20.1 Å². The maximum absolute atomic E-state index is 13.1. The van der Waals surface area contributed by atoms with Gasteiger partial charge < -0.3 is 4.90 Å². The molecule has 3 aromatic rings. The number of nitrogens with zero attached hydrogens (tertiary/aromatic N) is 3. The lowest BCUT2D eigenvalue weighted by Gasteiger charge is -2.18. The van der Waals surface area contributed by atoms with Crippen molar-refractivity contribution in [3.05, 3.63) is 58.4 Å². The average molecular weight is 388 g/mol. The van der Waals surface area contributed by atoms with Crippen molar-refractivity contribution in [2.45, 2.75) is 32.4 Å². The molecule has 0 bridgehead atoms. The van der Waals surface area contributed by atoms with Crippen LogP contribution in [0.2, 0.25) is 0 Å². The fraction of sp³-hybridized carbons (Fsp3) is 0.350. The fourth-order valence-corrected chi connectivity index (χ4v) is 3.82. The van der Waals surface area contributed by atoms with Crippen molar-refractivity contribution in [3.63, 3.8) is 0 Å². The van der Waals surface area contributed by atoms with E-state index in [0.29, 0.717) is 47.4 Å². The molecule has 0 saturated carbocycles. The highest BCUT2D eigenvalue weighted by molar-refractivity contribution is 6.06. The summed E-state index contributed by atoms with van der Waals surface area (Å²) < 4.78 is 39.0. The number of likely N-dealkylation sites (tertiary alicyclic amines) is 1. The summed E-state index contributed by atoms with van der Waals surface area (Å²) >= 11 is 0. The first-order valence-corrected chi connectivity index (χ1v) is 9.03. The van der Waals surface area contributed by atoms with Gasteiger partial charge in [0.05, 0.1) is 16.5 Å². The third kappa shape index (κ3) is 3.23. The molecule has 1 atom stereocenters. The third-order valence-electron chi connectivity index (χ3n) is 5.22. The summed E-state index contributed by atoms with van der Waals surface area (Å²) in [6, 6.07) is 7.12. The zero-order chi connectivity index (χ0) is 20.1. The quantitative estimate of drug-likeness (QED) is 0.715. The second kappa shape index (κ2) is 6.61. The Morgan fingerprint density at radius 1 is 1.25 bits per heavy atom. The number of hydrogen-bond acceptors (Lipinski definition) is 3. The van der Waals surface area contributed by atoms with Crippen LogP contribution in [0.1, 0.15) is 45.2 Å². The van der Waals surface area contributed by atoms with Crippen LogP contribution >= 0.6 is 0 Å². The molecule has 2 aromatic heterocycles. The lowest BCUT2D eigenvalue weighted by atomic mass is 9.96. The summed E-state index contributed by atoms with van der Waals surface area (Å²) in [5, 5.41) is 7.68. The molecular formula is C20H19F3N4O. The Morgan fingerprint density at radius 2 is 2.04 bits per heavy atom. The van der Waals surface area contributed by atoms with Crippen molar-refractivity contribution in [2.75, 3.05) is 13.1 Å². The molecule has 1 unspecified atom stereocenters. The van der Waals surface area contributed by atoms with Crippen LogP contribution in [0.15, 0.2) is 30.3 Å². The van der Waals surface area contributed by atoms with Gasteiger partial charge >= 0.3 is 6.18 Å². The van der Waals surface area contributed by atoms with Crippen LogP contribution in [0.3, 0.4) is 0 Å². The molecule has 0 spiro atoms. The number of nitrogens with one attached hydrogen (secondary N) is 1. The van der Waals surface area contributed by atoms with Crippen molar-refractivity contribution < 1.29 is 18.0 Å². The smallest absolute Gasteiger partial charge is 0.338 e. The number of benzene rings is 1. The Hall–Kier alpha value is -2.90. The number of fused-ring (bicyclic) bond motifs is 1. The maximum Gasteiger partial charge on any atom is 0.416 e. The number of carbonyl (C=O) groups is 1. The summed E-state index contributed by atoms with van der Waals surface area (Å²) in [5.74, 6) is -0.260. The van der Waals surface area contributed by atoms with E-state index in [1.807, 2.05) is 6.92 Å². The highest BCUT2D eigenvalue weighted by atomic mass is 19.4. The van der Waals surface area contributed by atoms with E-state index >= 15 is 0 Å². The van der Waals surface area contributed by atoms with Gasteiger partial charge in [-0.1, -0.05) is 18.2 Å². The van der Waals surface area contributed by atoms with Crippen LogP contribution in [-0.4, -0.2) is 39.1 Å². The van der Waals surface area contributed by atoms with E-state index in [1.165, 1.54) is 12.1 Å². The zero-order valence-electron chi connectivity index (χ0n) is 15.5. The van der Waals surface area contributed by atoms with E-state index in [0.717, 1.165) is 11.8 Å². The molecule has 1 fully saturated rings. The fourth-order valence-electron chi connectivity index (χ4n) is 3.82. The van der Waals surface area contributed by atoms with Gasteiger partial charge in [0.2, 0.25) is 0 Å². The first-order chi connectivity index (χ1) is 13.2. The molecule has 1 aliphatic rings. The number of hydrogen-bond donors (Lipinski definition) is 1. The van der Waals surface area contributed by atoms with E-state index in [2.05, 4.69) is 15.2 Å². The topological polar surface area (TPSA) is 61.9 Å². The van der Waals surface area contributed by atoms with E-state index in [-0.39, 0.29) is 11.8 Å². The molecule has 1 amide bonds. The first kappa shape index (κ1) is 18.5. The molecule has 1 aromatic carbocycles. The molecule has 28 heavy (non-hydrogen) atoms. The molecule has 1 N–H and O–H groups in total. The number of rotatable bonds is 2. The Labute approximate surface area is 159 Å². The number of halogens is 3. The van der Waals surface area contributed by atoms with Crippen molar-refractivity contribution >= 4 is 16.9 Å². The Balaban J connectivity index is 1.60. The highest BCUT2D eigenvalue weighted by Crippen LogP contribution is 2.34. The number of aromatic amines is 1. The van der Waals surface area contributed by atoms with Gasteiger partial charge in [-0.05, 0) is 38.0 Å². The SMILES string of the molecule is Cc1cc(C(=O)N2CCC(c3cccc(C(F)(F)F)c3)C2)c2c(C)[nH]nc2n1. The molecule has 146 valence electrons. The third-order valence-corrected chi connectivity index (χ3v) is 5.22. The predicted molar refractivity (Wildman–Crippen MR) is 98.1 cm³/mol. The minimum Gasteiger partial charge on any atom is -0.338 e. The van der Waals surface area contributed by atoms with Crippen LogP contribution in [0.5, 0.6) is 0 Å². The Morgan fingerprint density at radius 3 is 2.79 bits per heavy atom. The van der Waals surface area contributed by atoms with E-state index in [9.17, 15) is 18.0 Å². The first-order valence-electron chi connectivity index (χ1n) is 9.03. The summed E-state index contributed by atoms with van der Waals surface area (Å²) in [6.07, 6.45) is -3.74. The summed E-state index contributed by atoms with van der Waals surface area (Å²) in [6.45, 7) is 4.52. The minimum atomic E-state index is -4.37. The van der Waals surface area contributed by atoms with E-state index < -0.39 is 11.7 Å². The lowest BCUT2D eigenvalue weighted by Crippen LogP contribution is -2.29. The van der Waals surface area contributed by atoms with Crippen LogP contribution in [-0.2, 0) is 6.18 Å². The van der Waals surface area contributed by atoms with Crippen molar-refractivity contribution in [3.8, 4) is 0 Å². The Kier molecular flexibility index (Phi) is 4.36. The molecule has 0 radical (unpaired) electrons. The highest BCUT2D eigenvalue weighted by Gasteiger charge is 2.33. The number of aryl methyl sites for hydroxylation is 2. The molecule has 0 aliphatic carbocycles. The average Bonchev–Trinajstić information content (AvgIpc) is 3.27. The minimum absolute atomic E-state index is 0.116. The number of alkyl halides is 3. The predicted octanol–water partition coefficient (Wildman–Crippen LogP) is 4.22. The molecule has 3 heterocycles. The molecule has 4 rings (SSSR count). The summed E-state index contributed by atoms with van der Waals surface area (Å²) in [4.78, 5) is 19.2. The summed E-state index contributed by atoms with van der Waals surface area (Å²) in [7, 11) is 0. The second-order valence-electron chi connectivity index (χ2n) is 7.22. The summed E-state index contributed by atoms with van der Waals surface area (Å²) in [5.41, 5.74) is 2.43. The van der Waals surface area contributed by atoms with Gasteiger partial charge in [0.1, 0.15) is 0 Å². The largest absolute Gasteiger partial charge is 0.416 e. The van der Waals surface area contributed by atoms with Gasteiger partial charge in [-0.25, -0.2) is 4.98 Å². The van der Waals surface area contributed by atoms with Gasteiger partial charge in [0.15, 0.2) is 5.65 Å². The van der Waals surface area contributed by atoms with Crippen molar-refractivity contribution in [2.24, 2.45) is 0 Å².